The number of carbonyl (C=O) groups is 4. The average Bonchev–Trinajstić information content (AvgIpc) is 2.97. The number of fused-ring (bicyclic) bond motifs is 1. The van der Waals surface area contributed by atoms with Crippen molar-refractivity contribution in [3.05, 3.63) is 53.6 Å². The van der Waals surface area contributed by atoms with Crippen LogP contribution in [-0.2, 0) is 14.4 Å². The first-order valence-corrected chi connectivity index (χ1v) is 11.2. The molecule has 2 aliphatic rings. The number of nitrogens with zero attached hydrogens (tertiary/aromatic N) is 2. The molecule has 2 heterocycles. The Morgan fingerprint density at radius 1 is 0.971 bits per heavy atom. The fraction of sp³-hybridized carbons (Fsp3) is 0.360. The van der Waals surface area contributed by atoms with Crippen LogP contribution < -0.4 is 19.7 Å². The second-order valence-electron chi connectivity index (χ2n) is 8.70. The van der Waals surface area contributed by atoms with Crippen LogP contribution in [0.5, 0.6) is 11.5 Å². The van der Waals surface area contributed by atoms with Gasteiger partial charge in [0.15, 0.2) is 11.5 Å². The van der Waals surface area contributed by atoms with Crippen LogP contribution in [0.3, 0.4) is 0 Å². The Bertz CT molecular complexity index is 1130. The van der Waals surface area contributed by atoms with Crippen molar-refractivity contribution in [1.82, 2.24) is 10.2 Å². The average molecular weight is 466 g/mol. The van der Waals surface area contributed by atoms with E-state index in [9.17, 15) is 19.2 Å². The lowest BCUT2D eigenvalue weighted by molar-refractivity contribution is -0.140. The predicted molar refractivity (Wildman–Crippen MR) is 124 cm³/mol. The number of benzene rings is 2. The van der Waals surface area contributed by atoms with E-state index in [2.05, 4.69) is 5.32 Å². The molecule has 1 fully saturated rings. The van der Waals surface area contributed by atoms with Crippen molar-refractivity contribution in [2.75, 3.05) is 24.7 Å². The summed E-state index contributed by atoms with van der Waals surface area (Å²) >= 11 is 0. The highest BCUT2D eigenvalue weighted by Gasteiger charge is 2.46. The second kappa shape index (κ2) is 9.54. The lowest BCUT2D eigenvalue weighted by Crippen LogP contribution is -2.43. The summed E-state index contributed by atoms with van der Waals surface area (Å²) in [5.74, 6) is -1.30. The lowest BCUT2D eigenvalue weighted by atomic mass is 9.95. The Kier molecular flexibility index (Phi) is 6.54. The summed E-state index contributed by atoms with van der Waals surface area (Å²) in [6.07, 6.45) is 0.782. The third-order valence-electron chi connectivity index (χ3n) is 5.76. The van der Waals surface area contributed by atoms with Gasteiger partial charge in [-0.3, -0.25) is 14.4 Å². The molecule has 0 aliphatic carbocycles. The normalized spacial score (nSPS) is 16.6. The van der Waals surface area contributed by atoms with Gasteiger partial charge < -0.3 is 14.8 Å². The van der Waals surface area contributed by atoms with Crippen LogP contribution in [-0.4, -0.2) is 48.4 Å². The molecule has 0 aromatic heterocycles. The minimum Gasteiger partial charge on any atom is -0.490 e. The molecule has 0 bridgehead atoms. The van der Waals surface area contributed by atoms with Crippen LogP contribution in [0.1, 0.15) is 37.4 Å². The first-order valence-electron chi connectivity index (χ1n) is 11.2. The molecule has 0 saturated carbocycles. The molecule has 1 unspecified atom stereocenters. The van der Waals surface area contributed by atoms with Gasteiger partial charge >= 0.3 is 17.8 Å². The maximum absolute atomic E-state index is 12.9. The number of nitrogens with one attached hydrogen (secondary N) is 1. The van der Waals surface area contributed by atoms with Gasteiger partial charge in [0.05, 0.1) is 24.9 Å². The van der Waals surface area contributed by atoms with Crippen molar-refractivity contribution >= 4 is 29.4 Å². The van der Waals surface area contributed by atoms with Crippen LogP contribution in [0, 0.1) is 12.8 Å². The van der Waals surface area contributed by atoms with Gasteiger partial charge in [-0.05, 0) is 42.7 Å². The summed E-state index contributed by atoms with van der Waals surface area (Å²) < 4.78 is 11.4. The van der Waals surface area contributed by atoms with Crippen LogP contribution >= 0.6 is 0 Å². The van der Waals surface area contributed by atoms with Gasteiger partial charge in [0.2, 0.25) is 5.91 Å². The number of anilines is 1. The molecule has 5 amide bonds. The quantitative estimate of drug-likeness (QED) is 0.520. The lowest BCUT2D eigenvalue weighted by Gasteiger charge is -2.25. The Hall–Kier alpha value is -3.88. The maximum Gasteiger partial charge on any atom is 0.339 e. The van der Waals surface area contributed by atoms with Crippen LogP contribution in [0.2, 0.25) is 0 Å². The molecule has 4 rings (SSSR count). The van der Waals surface area contributed by atoms with Crippen molar-refractivity contribution in [3.63, 3.8) is 0 Å². The van der Waals surface area contributed by atoms with Gasteiger partial charge in [0.25, 0.3) is 0 Å². The van der Waals surface area contributed by atoms with Gasteiger partial charge in [-0.25, -0.2) is 14.6 Å². The zero-order valence-corrected chi connectivity index (χ0v) is 19.4. The van der Waals surface area contributed by atoms with E-state index in [1.54, 1.807) is 24.3 Å². The second-order valence-corrected chi connectivity index (χ2v) is 8.70. The number of hydrogen-bond donors (Lipinski definition) is 1. The molecule has 9 heteroatoms. The standard InChI is InChI=1S/C25H27N3O6/c1-15(2)22(17-7-10-19-20(13-17)34-12-4-11-33-19)26-21(29)14-27-23(30)24(31)28(25(27)32)18-8-5-16(3)6-9-18/h5-10,13,15,22H,4,11-12,14H2,1-3H3,(H,26,29). The Labute approximate surface area is 197 Å². The summed E-state index contributed by atoms with van der Waals surface area (Å²) in [5.41, 5.74) is 2.04. The number of ether oxygens (including phenoxy) is 2. The third-order valence-corrected chi connectivity index (χ3v) is 5.76. The summed E-state index contributed by atoms with van der Waals surface area (Å²) in [5, 5.41) is 2.89. The van der Waals surface area contributed by atoms with Crippen molar-refractivity contribution in [3.8, 4) is 11.5 Å². The largest absolute Gasteiger partial charge is 0.490 e. The van der Waals surface area contributed by atoms with Crippen LogP contribution in [0.4, 0.5) is 10.5 Å². The van der Waals surface area contributed by atoms with Crippen LogP contribution in [0.15, 0.2) is 42.5 Å². The van der Waals surface area contributed by atoms with E-state index < -0.39 is 36.3 Å². The summed E-state index contributed by atoms with van der Waals surface area (Å²) in [6.45, 7) is 6.32. The van der Waals surface area contributed by atoms with Gasteiger partial charge in [-0.2, -0.15) is 0 Å². The summed E-state index contributed by atoms with van der Waals surface area (Å²) in [6, 6.07) is 10.9. The molecule has 34 heavy (non-hydrogen) atoms. The van der Waals surface area contributed by atoms with E-state index in [0.717, 1.165) is 22.4 Å². The number of imide groups is 2. The van der Waals surface area contributed by atoms with Crippen molar-refractivity contribution in [2.24, 2.45) is 5.92 Å². The van der Waals surface area contributed by atoms with E-state index >= 15 is 0 Å². The Morgan fingerprint density at radius 2 is 1.65 bits per heavy atom. The first-order chi connectivity index (χ1) is 16.3. The molecular weight excluding hydrogens is 438 g/mol. The molecule has 0 radical (unpaired) electrons. The SMILES string of the molecule is Cc1ccc(N2C(=O)C(=O)N(CC(=O)NC(c3ccc4c(c3)OCCCO4)C(C)C)C2=O)cc1. The van der Waals surface area contributed by atoms with E-state index in [0.29, 0.717) is 29.6 Å². The predicted octanol–water partition coefficient (Wildman–Crippen LogP) is 2.97. The minimum absolute atomic E-state index is 0.00404. The van der Waals surface area contributed by atoms with E-state index in [1.165, 1.54) is 0 Å². The van der Waals surface area contributed by atoms with E-state index in [4.69, 9.17) is 9.47 Å². The molecule has 2 aliphatic heterocycles. The number of carbonyl (C=O) groups excluding carboxylic acids is 4. The van der Waals surface area contributed by atoms with E-state index in [-0.39, 0.29) is 11.6 Å². The highest BCUT2D eigenvalue weighted by atomic mass is 16.5. The molecule has 0 spiro atoms. The van der Waals surface area contributed by atoms with Gasteiger partial charge in [-0.1, -0.05) is 37.6 Å². The number of urea groups is 1. The zero-order chi connectivity index (χ0) is 24.4. The molecular formula is C25H27N3O6. The Morgan fingerprint density at radius 3 is 2.32 bits per heavy atom. The van der Waals surface area contributed by atoms with Gasteiger partial charge in [-0.15, -0.1) is 0 Å². The number of rotatable bonds is 6. The maximum atomic E-state index is 12.9. The number of hydrogen-bond acceptors (Lipinski definition) is 6. The van der Waals surface area contributed by atoms with Crippen molar-refractivity contribution in [2.45, 2.75) is 33.2 Å². The number of aryl methyl sites for hydroxylation is 1. The zero-order valence-electron chi connectivity index (χ0n) is 19.4. The highest BCUT2D eigenvalue weighted by Crippen LogP contribution is 2.34. The molecule has 2 aromatic rings. The summed E-state index contributed by atoms with van der Waals surface area (Å²) in [7, 11) is 0. The molecule has 1 N–H and O–H groups in total. The minimum atomic E-state index is -1.03. The monoisotopic (exact) mass is 465 g/mol. The van der Waals surface area contributed by atoms with Crippen molar-refractivity contribution in [1.29, 1.82) is 0 Å². The first kappa shape index (κ1) is 23.3. The van der Waals surface area contributed by atoms with Crippen molar-refractivity contribution < 1.29 is 28.7 Å². The number of amides is 5. The Balaban J connectivity index is 1.49. The van der Waals surface area contributed by atoms with Gasteiger partial charge in [0.1, 0.15) is 6.54 Å². The molecule has 9 nitrogen and oxygen atoms in total. The molecule has 1 saturated heterocycles. The van der Waals surface area contributed by atoms with Gasteiger partial charge in [0, 0.05) is 6.42 Å². The highest BCUT2D eigenvalue weighted by molar-refractivity contribution is 6.53. The summed E-state index contributed by atoms with van der Waals surface area (Å²) in [4.78, 5) is 52.1. The molecule has 1 atom stereocenters. The molecule has 178 valence electrons. The smallest absolute Gasteiger partial charge is 0.339 e. The topological polar surface area (TPSA) is 105 Å². The fourth-order valence-corrected chi connectivity index (χ4v) is 3.94. The molecule has 2 aromatic carbocycles. The fourth-order valence-electron chi connectivity index (χ4n) is 3.94. The van der Waals surface area contributed by atoms with Crippen LogP contribution in [0.25, 0.3) is 0 Å². The third kappa shape index (κ3) is 4.59. The van der Waals surface area contributed by atoms with E-state index in [1.807, 2.05) is 39.0 Å².